The number of nitrogen functional groups attached to an aromatic ring is 1. The number of nitrogens with zero attached hydrogens (tertiary/aromatic N) is 1. The molecule has 0 aliphatic carbocycles. The Morgan fingerprint density at radius 2 is 2.06 bits per heavy atom. The number of benzene rings is 1. The molecule has 6 heteroatoms. The molecule has 0 atom stereocenters. The van der Waals surface area contributed by atoms with E-state index < -0.39 is 5.91 Å². The average molecular weight is 281 g/mol. The molecule has 0 fully saturated rings. The standard InChI is InChI=1S/C10H9BrN4O/c11-7-3-1-6(2-4-7)8-5-9(15-14-8)10(16)13-12/h1-5H,12H2,(H,13,16)(H,14,15). The van der Waals surface area contributed by atoms with Crippen LogP contribution in [0.3, 0.4) is 0 Å². The lowest BCUT2D eigenvalue weighted by atomic mass is 10.1. The smallest absolute Gasteiger partial charge is 0.283 e. The van der Waals surface area contributed by atoms with Crippen molar-refractivity contribution in [2.75, 3.05) is 0 Å². The van der Waals surface area contributed by atoms with E-state index in [9.17, 15) is 4.79 Å². The predicted molar refractivity (Wildman–Crippen MR) is 63.4 cm³/mol. The van der Waals surface area contributed by atoms with E-state index in [1.54, 1.807) is 6.07 Å². The molecular formula is C10H9BrN4O. The van der Waals surface area contributed by atoms with Crippen LogP contribution in [0.4, 0.5) is 0 Å². The molecule has 0 radical (unpaired) electrons. The highest BCUT2D eigenvalue weighted by Crippen LogP contribution is 2.20. The van der Waals surface area contributed by atoms with E-state index in [1.165, 1.54) is 0 Å². The van der Waals surface area contributed by atoms with Crippen molar-refractivity contribution in [2.24, 2.45) is 5.84 Å². The fourth-order valence-electron chi connectivity index (χ4n) is 1.28. The van der Waals surface area contributed by atoms with Crippen molar-refractivity contribution >= 4 is 21.8 Å². The minimum Gasteiger partial charge on any atom is -0.289 e. The summed E-state index contributed by atoms with van der Waals surface area (Å²) in [5.74, 6) is 4.63. The second-order valence-electron chi connectivity index (χ2n) is 3.15. The third-order valence-electron chi connectivity index (χ3n) is 2.09. The molecule has 0 bridgehead atoms. The van der Waals surface area contributed by atoms with Gasteiger partial charge in [-0.3, -0.25) is 15.3 Å². The second-order valence-corrected chi connectivity index (χ2v) is 4.06. The van der Waals surface area contributed by atoms with E-state index in [0.29, 0.717) is 11.4 Å². The van der Waals surface area contributed by atoms with Gasteiger partial charge in [-0.2, -0.15) is 5.10 Å². The van der Waals surface area contributed by atoms with Gasteiger partial charge in [-0.15, -0.1) is 0 Å². The summed E-state index contributed by atoms with van der Waals surface area (Å²) in [6, 6.07) is 9.28. The molecule has 2 rings (SSSR count). The highest BCUT2D eigenvalue weighted by Gasteiger charge is 2.09. The molecule has 1 amide bonds. The fourth-order valence-corrected chi connectivity index (χ4v) is 1.55. The number of hydrogen-bond donors (Lipinski definition) is 3. The minimum absolute atomic E-state index is 0.334. The first-order chi connectivity index (χ1) is 7.70. The minimum atomic E-state index is -0.393. The first-order valence-electron chi connectivity index (χ1n) is 4.53. The number of carbonyl (C=O) groups is 1. The Hall–Kier alpha value is -1.66. The summed E-state index contributed by atoms with van der Waals surface area (Å²) in [5, 5.41) is 6.64. The van der Waals surface area contributed by atoms with Crippen LogP contribution in [0, 0.1) is 0 Å². The van der Waals surface area contributed by atoms with Crippen LogP contribution in [-0.2, 0) is 0 Å². The maximum Gasteiger partial charge on any atom is 0.283 e. The van der Waals surface area contributed by atoms with E-state index in [4.69, 9.17) is 5.84 Å². The van der Waals surface area contributed by atoms with Gasteiger partial charge < -0.3 is 0 Å². The quantitative estimate of drug-likeness (QED) is 0.442. The average Bonchev–Trinajstić information content (AvgIpc) is 2.78. The van der Waals surface area contributed by atoms with Crippen LogP contribution in [0.15, 0.2) is 34.8 Å². The summed E-state index contributed by atoms with van der Waals surface area (Å²) in [5.41, 5.74) is 4.00. The fraction of sp³-hybridized carbons (Fsp3) is 0. The van der Waals surface area contributed by atoms with Crippen LogP contribution < -0.4 is 11.3 Å². The third kappa shape index (κ3) is 2.12. The molecule has 4 N–H and O–H groups in total. The number of aromatic nitrogens is 2. The van der Waals surface area contributed by atoms with Gasteiger partial charge in [0.05, 0.1) is 5.69 Å². The molecule has 2 aromatic rings. The summed E-state index contributed by atoms with van der Waals surface area (Å²) < 4.78 is 0.992. The molecular weight excluding hydrogens is 272 g/mol. The molecule has 0 saturated heterocycles. The van der Waals surface area contributed by atoms with Crippen LogP contribution in [0.5, 0.6) is 0 Å². The zero-order valence-electron chi connectivity index (χ0n) is 8.20. The van der Waals surface area contributed by atoms with Crippen molar-refractivity contribution in [3.05, 3.63) is 40.5 Å². The van der Waals surface area contributed by atoms with Gasteiger partial charge in [0.1, 0.15) is 5.69 Å². The number of nitrogens with two attached hydrogens (primary N) is 1. The van der Waals surface area contributed by atoms with Crippen molar-refractivity contribution in [1.29, 1.82) is 0 Å². The number of halogens is 1. The monoisotopic (exact) mass is 280 g/mol. The van der Waals surface area contributed by atoms with Gasteiger partial charge in [-0.1, -0.05) is 28.1 Å². The predicted octanol–water partition coefficient (Wildman–Crippen LogP) is 1.44. The zero-order chi connectivity index (χ0) is 11.5. The molecule has 5 nitrogen and oxygen atoms in total. The number of amides is 1. The van der Waals surface area contributed by atoms with E-state index >= 15 is 0 Å². The molecule has 1 heterocycles. The highest BCUT2D eigenvalue weighted by molar-refractivity contribution is 9.10. The van der Waals surface area contributed by atoms with Crippen LogP contribution in [0.1, 0.15) is 10.5 Å². The van der Waals surface area contributed by atoms with Crippen molar-refractivity contribution in [1.82, 2.24) is 15.6 Å². The third-order valence-corrected chi connectivity index (χ3v) is 2.62. The number of aromatic amines is 1. The lowest BCUT2D eigenvalue weighted by Crippen LogP contribution is -2.30. The molecule has 16 heavy (non-hydrogen) atoms. The summed E-state index contributed by atoms with van der Waals surface area (Å²) in [6.45, 7) is 0. The maximum atomic E-state index is 11.2. The normalized spacial score (nSPS) is 10.1. The SMILES string of the molecule is NNC(=O)c1cc(-c2ccc(Br)cc2)n[nH]1. The van der Waals surface area contributed by atoms with Crippen molar-refractivity contribution < 1.29 is 4.79 Å². The number of nitrogens with one attached hydrogen (secondary N) is 2. The van der Waals surface area contributed by atoms with Gasteiger partial charge in [-0.25, -0.2) is 5.84 Å². The number of H-pyrrole nitrogens is 1. The Balaban J connectivity index is 2.31. The summed E-state index contributed by atoms with van der Waals surface area (Å²) >= 11 is 3.35. The number of carbonyl (C=O) groups excluding carboxylic acids is 1. The van der Waals surface area contributed by atoms with Crippen molar-refractivity contribution in [2.45, 2.75) is 0 Å². The number of hydrazine groups is 1. The van der Waals surface area contributed by atoms with E-state index in [2.05, 4.69) is 26.1 Å². The van der Waals surface area contributed by atoms with Gasteiger partial charge in [0.2, 0.25) is 0 Å². The maximum absolute atomic E-state index is 11.2. The van der Waals surface area contributed by atoms with Crippen LogP contribution in [0.25, 0.3) is 11.3 Å². The lowest BCUT2D eigenvalue weighted by Gasteiger charge is -1.95. The Bertz CT molecular complexity index is 506. The van der Waals surface area contributed by atoms with Gasteiger partial charge in [0, 0.05) is 10.0 Å². The van der Waals surface area contributed by atoms with Gasteiger partial charge >= 0.3 is 0 Å². The van der Waals surface area contributed by atoms with Crippen LogP contribution in [0.2, 0.25) is 0 Å². The summed E-state index contributed by atoms with van der Waals surface area (Å²) in [4.78, 5) is 11.2. The molecule has 0 spiro atoms. The Labute approximate surface area is 100 Å². The first kappa shape index (κ1) is 10.8. The van der Waals surface area contributed by atoms with Gasteiger partial charge in [0.15, 0.2) is 0 Å². The largest absolute Gasteiger partial charge is 0.289 e. The number of rotatable bonds is 2. The summed E-state index contributed by atoms with van der Waals surface area (Å²) in [7, 11) is 0. The van der Waals surface area contributed by atoms with E-state index in [-0.39, 0.29) is 0 Å². The van der Waals surface area contributed by atoms with Gasteiger partial charge in [0.25, 0.3) is 5.91 Å². The molecule has 0 saturated carbocycles. The Morgan fingerprint density at radius 3 is 2.69 bits per heavy atom. The zero-order valence-corrected chi connectivity index (χ0v) is 9.78. The first-order valence-corrected chi connectivity index (χ1v) is 5.32. The molecule has 1 aromatic heterocycles. The second kappa shape index (κ2) is 4.46. The van der Waals surface area contributed by atoms with Crippen molar-refractivity contribution in [3.63, 3.8) is 0 Å². The Morgan fingerprint density at radius 1 is 1.38 bits per heavy atom. The topological polar surface area (TPSA) is 83.8 Å². The number of hydrogen-bond acceptors (Lipinski definition) is 3. The molecule has 82 valence electrons. The van der Waals surface area contributed by atoms with E-state index in [1.807, 2.05) is 29.7 Å². The van der Waals surface area contributed by atoms with E-state index in [0.717, 1.165) is 10.0 Å². The molecule has 0 aliphatic heterocycles. The molecule has 0 aliphatic rings. The van der Waals surface area contributed by atoms with Crippen molar-refractivity contribution in [3.8, 4) is 11.3 Å². The highest BCUT2D eigenvalue weighted by atomic mass is 79.9. The Kier molecular flexibility index (Phi) is 3.02. The van der Waals surface area contributed by atoms with Crippen LogP contribution >= 0.6 is 15.9 Å². The molecule has 1 aromatic carbocycles. The van der Waals surface area contributed by atoms with Gasteiger partial charge in [-0.05, 0) is 18.2 Å². The van der Waals surface area contributed by atoms with Crippen LogP contribution in [-0.4, -0.2) is 16.1 Å². The lowest BCUT2D eigenvalue weighted by molar-refractivity contribution is 0.0948. The molecule has 0 unspecified atom stereocenters. The summed E-state index contributed by atoms with van der Waals surface area (Å²) in [6.07, 6.45) is 0.